The van der Waals surface area contributed by atoms with E-state index in [2.05, 4.69) is 14.4 Å². The summed E-state index contributed by atoms with van der Waals surface area (Å²) in [6.07, 6.45) is 4.25. The molecule has 1 saturated heterocycles. The van der Waals surface area contributed by atoms with Crippen molar-refractivity contribution in [1.82, 2.24) is 9.62 Å². The van der Waals surface area contributed by atoms with Crippen LogP contribution in [0.1, 0.15) is 36.0 Å². The molecule has 0 radical (unpaired) electrons. The van der Waals surface area contributed by atoms with E-state index in [-0.39, 0.29) is 10.9 Å². The summed E-state index contributed by atoms with van der Waals surface area (Å²) in [6.45, 7) is 1.91. The highest BCUT2D eigenvalue weighted by Crippen LogP contribution is 2.29. The zero-order valence-electron chi connectivity index (χ0n) is 13.2. The second kappa shape index (κ2) is 6.59. The van der Waals surface area contributed by atoms with Crippen molar-refractivity contribution in [1.29, 1.82) is 0 Å². The van der Waals surface area contributed by atoms with Gasteiger partial charge in [0.15, 0.2) is 0 Å². The smallest absolute Gasteiger partial charge is 0.337 e. The maximum absolute atomic E-state index is 12.4. The van der Waals surface area contributed by atoms with Crippen LogP contribution >= 0.6 is 0 Å². The molecule has 6 nitrogen and oxygen atoms in total. The van der Waals surface area contributed by atoms with E-state index in [1.807, 2.05) is 0 Å². The fourth-order valence-electron chi connectivity index (χ4n) is 3.00. The largest absolute Gasteiger partial charge is 0.465 e. The Morgan fingerprint density at radius 1 is 1.13 bits per heavy atom. The molecule has 1 aromatic carbocycles. The summed E-state index contributed by atoms with van der Waals surface area (Å²) >= 11 is 0. The molecule has 23 heavy (non-hydrogen) atoms. The number of sulfonamides is 1. The molecule has 0 aromatic heterocycles. The summed E-state index contributed by atoms with van der Waals surface area (Å²) in [5.74, 6) is -0.477. The number of methoxy groups -OCH3 is 1. The van der Waals surface area contributed by atoms with Crippen LogP contribution in [0.15, 0.2) is 29.2 Å². The minimum atomic E-state index is -3.55. The molecule has 1 heterocycles. The first-order chi connectivity index (χ1) is 11.0. The fourth-order valence-corrected chi connectivity index (χ4v) is 4.30. The van der Waals surface area contributed by atoms with Gasteiger partial charge in [0.25, 0.3) is 0 Å². The van der Waals surface area contributed by atoms with Crippen molar-refractivity contribution < 1.29 is 17.9 Å². The van der Waals surface area contributed by atoms with Crippen LogP contribution in [0, 0.1) is 0 Å². The predicted octanol–water partition coefficient (Wildman–Crippen LogP) is 1.38. The first-order valence-corrected chi connectivity index (χ1v) is 9.42. The number of nitrogens with one attached hydrogen (secondary N) is 1. The Kier molecular flexibility index (Phi) is 4.70. The molecule has 126 valence electrons. The molecule has 1 aliphatic carbocycles. The third kappa shape index (κ3) is 3.91. The highest BCUT2D eigenvalue weighted by Gasteiger charge is 2.33. The normalized spacial score (nSPS) is 20.4. The van der Waals surface area contributed by atoms with Crippen molar-refractivity contribution in [3.05, 3.63) is 29.8 Å². The van der Waals surface area contributed by atoms with Crippen LogP contribution in [-0.4, -0.2) is 51.6 Å². The van der Waals surface area contributed by atoms with Crippen LogP contribution in [0.4, 0.5) is 0 Å². The molecule has 0 unspecified atom stereocenters. The average Bonchev–Trinajstić information content (AvgIpc) is 3.39. The number of carbonyl (C=O) groups is 1. The van der Waals surface area contributed by atoms with E-state index in [9.17, 15) is 13.2 Å². The van der Waals surface area contributed by atoms with E-state index < -0.39 is 16.0 Å². The van der Waals surface area contributed by atoms with Crippen molar-refractivity contribution in [2.75, 3.05) is 20.2 Å². The molecule has 1 aliphatic heterocycles. The van der Waals surface area contributed by atoms with Gasteiger partial charge in [0, 0.05) is 12.1 Å². The zero-order valence-corrected chi connectivity index (χ0v) is 14.0. The molecular formula is C16H22N2O4S. The SMILES string of the molecule is COC(=O)c1ccc(S(=O)(=O)NC2CCN(C3CC3)CC2)cc1. The number of rotatable bonds is 5. The maximum atomic E-state index is 12.4. The molecule has 0 atom stereocenters. The van der Waals surface area contributed by atoms with Crippen LogP contribution < -0.4 is 4.72 Å². The molecule has 7 heteroatoms. The summed E-state index contributed by atoms with van der Waals surface area (Å²) in [5.41, 5.74) is 0.337. The summed E-state index contributed by atoms with van der Waals surface area (Å²) in [5, 5.41) is 0. The molecule has 0 amide bonds. The molecule has 1 N–H and O–H groups in total. The zero-order chi connectivity index (χ0) is 16.4. The van der Waals surface area contributed by atoms with Crippen molar-refractivity contribution in [2.24, 2.45) is 0 Å². The summed E-state index contributed by atoms with van der Waals surface area (Å²) in [7, 11) is -2.26. The second-order valence-electron chi connectivity index (χ2n) is 6.18. The lowest BCUT2D eigenvalue weighted by molar-refractivity contribution is 0.0600. The van der Waals surface area contributed by atoms with E-state index in [1.54, 1.807) is 0 Å². The van der Waals surface area contributed by atoms with E-state index in [0.717, 1.165) is 32.0 Å². The number of hydrogen-bond acceptors (Lipinski definition) is 5. The van der Waals surface area contributed by atoms with Crippen molar-refractivity contribution in [3.63, 3.8) is 0 Å². The number of piperidine rings is 1. The van der Waals surface area contributed by atoms with Crippen LogP contribution in [0.3, 0.4) is 0 Å². The number of ether oxygens (including phenoxy) is 1. The summed E-state index contributed by atoms with van der Waals surface area (Å²) in [4.78, 5) is 14.0. The number of nitrogens with zero attached hydrogens (tertiary/aromatic N) is 1. The molecule has 0 bridgehead atoms. The molecule has 1 saturated carbocycles. The van der Waals surface area contributed by atoms with Gasteiger partial charge in [-0.2, -0.15) is 0 Å². The van der Waals surface area contributed by atoms with Crippen LogP contribution in [0.2, 0.25) is 0 Å². The topological polar surface area (TPSA) is 75.7 Å². The lowest BCUT2D eigenvalue weighted by atomic mass is 10.1. The van der Waals surface area contributed by atoms with Gasteiger partial charge in [-0.05, 0) is 63.0 Å². The Balaban J connectivity index is 1.61. The standard InChI is InChI=1S/C16H22N2O4S/c1-22-16(19)12-2-6-15(7-3-12)23(20,21)17-13-8-10-18(11-9-13)14-4-5-14/h2-3,6-7,13-14,17H,4-5,8-11H2,1H3. The fraction of sp³-hybridized carbons (Fsp3) is 0.562. The Morgan fingerprint density at radius 3 is 2.26 bits per heavy atom. The van der Waals surface area contributed by atoms with Crippen LogP contribution in [0.5, 0.6) is 0 Å². The molecule has 1 aromatic rings. The lowest BCUT2D eigenvalue weighted by Gasteiger charge is -2.32. The van der Waals surface area contributed by atoms with E-state index in [4.69, 9.17) is 0 Å². The Hall–Kier alpha value is -1.44. The number of likely N-dealkylation sites (tertiary alicyclic amines) is 1. The number of carbonyl (C=O) groups excluding carboxylic acids is 1. The van der Waals surface area contributed by atoms with Gasteiger partial charge < -0.3 is 9.64 Å². The van der Waals surface area contributed by atoms with Gasteiger partial charge in [0.1, 0.15) is 0 Å². The highest BCUT2D eigenvalue weighted by molar-refractivity contribution is 7.89. The van der Waals surface area contributed by atoms with E-state index in [1.165, 1.54) is 44.2 Å². The minimum absolute atomic E-state index is 0.0183. The Morgan fingerprint density at radius 2 is 1.74 bits per heavy atom. The van der Waals surface area contributed by atoms with Gasteiger partial charge in [-0.25, -0.2) is 17.9 Å². The molecular weight excluding hydrogens is 316 g/mol. The number of esters is 1. The highest BCUT2D eigenvalue weighted by atomic mass is 32.2. The number of hydrogen-bond donors (Lipinski definition) is 1. The van der Waals surface area contributed by atoms with Crippen molar-refractivity contribution in [3.8, 4) is 0 Å². The quantitative estimate of drug-likeness (QED) is 0.821. The second-order valence-corrected chi connectivity index (χ2v) is 7.89. The molecule has 0 spiro atoms. The van der Waals surface area contributed by atoms with Gasteiger partial charge in [-0.3, -0.25) is 0 Å². The van der Waals surface area contributed by atoms with Crippen LogP contribution in [-0.2, 0) is 14.8 Å². The average molecular weight is 338 g/mol. The number of benzene rings is 1. The molecule has 3 rings (SSSR count). The summed E-state index contributed by atoms with van der Waals surface area (Å²) < 4.78 is 32.3. The summed E-state index contributed by atoms with van der Waals surface area (Å²) in [6, 6.07) is 6.53. The lowest BCUT2D eigenvalue weighted by Crippen LogP contribution is -2.45. The minimum Gasteiger partial charge on any atom is -0.465 e. The molecule has 2 aliphatic rings. The van der Waals surface area contributed by atoms with Crippen molar-refractivity contribution in [2.45, 2.75) is 42.7 Å². The van der Waals surface area contributed by atoms with E-state index in [0.29, 0.717) is 5.56 Å². The predicted molar refractivity (Wildman–Crippen MR) is 85.7 cm³/mol. The monoisotopic (exact) mass is 338 g/mol. The van der Waals surface area contributed by atoms with Gasteiger partial charge in [-0.1, -0.05) is 0 Å². The third-order valence-electron chi connectivity index (χ3n) is 4.50. The Labute approximate surface area is 136 Å². The van der Waals surface area contributed by atoms with Gasteiger partial charge in [-0.15, -0.1) is 0 Å². The first-order valence-electron chi connectivity index (χ1n) is 7.94. The first kappa shape index (κ1) is 16.4. The van der Waals surface area contributed by atoms with Crippen molar-refractivity contribution >= 4 is 16.0 Å². The molecule has 2 fully saturated rings. The van der Waals surface area contributed by atoms with Gasteiger partial charge in [0.05, 0.1) is 17.6 Å². The van der Waals surface area contributed by atoms with E-state index >= 15 is 0 Å². The maximum Gasteiger partial charge on any atom is 0.337 e. The van der Waals surface area contributed by atoms with Crippen LogP contribution in [0.25, 0.3) is 0 Å². The van der Waals surface area contributed by atoms with Gasteiger partial charge >= 0.3 is 5.97 Å². The Bertz CT molecular complexity index is 660. The third-order valence-corrected chi connectivity index (χ3v) is 6.04. The van der Waals surface area contributed by atoms with Gasteiger partial charge in [0.2, 0.25) is 10.0 Å².